The van der Waals surface area contributed by atoms with Crippen LogP contribution in [0.15, 0.2) is 30.3 Å². The Morgan fingerprint density at radius 3 is 2.55 bits per heavy atom. The summed E-state index contributed by atoms with van der Waals surface area (Å²) in [6, 6.07) is 9.88. The number of likely N-dealkylation sites (tertiary alicyclic amines) is 1. The lowest BCUT2D eigenvalue weighted by Gasteiger charge is -2.22. The predicted molar refractivity (Wildman–Crippen MR) is 78.0 cm³/mol. The molecule has 1 saturated heterocycles. The first kappa shape index (κ1) is 14.7. The summed E-state index contributed by atoms with van der Waals surface area (Å²) in [5.41, 5.74) is 1.18. The van der Waals surface area contributed by atoms with Crippen LogP contribution in [0.2, 0.25) is 0 Å². The molecule has 2 atom stereocenters. The number of unbranched alkanes of at least 4 members (excludes halogenated alkanes) is 1. The smallest absolute Gasteiger partial charge is 0.246 e. The van der Waals surface area contributed by atoms with E-state index in [1.54, 1.807) is 7.05 Å². The Morgan fingerprint density at radius 2 is 2.00 bits per heavy atom. The van der Waals surface area contributed by atoms with Gasteiger partial charge in [0, 0.05) is 13.1 Å². The van der Waals surface area contributed by atoms with Crippen LogP contribution in [0.1, 0.15) is 44.2 Å². The monoisotopic (exact) mass is 274 g/mol. The second kappa shape index (κ2) is 6.66. The van der Waals surface area contributed by atoms with Gasteiger partial charge in [-0.05, 0) is 12.0 Å². The van der Waals surface area contributed by atoms with Gasteiger partial charge in [0.05, 0.1) is 12.5 Å². The Balaban J connectivity index is 2.09. The van der Waals surface area contributed by atoms with Crippen molar-refractivity contribution in [2.75, 3.05) is 7.05 Å². The molecule has 2 unspecified atom stereocenters. The maximum atomic E-state index is 12.0. The molecule has 4 nitrogen and oxygen atoms in total. The van der Waals surface area contributed by atoms with Crippen molar-refractivity contribution in [3.05, 3.63) is 35.9 Å². The highest BCUT2D eigenvalue weighted by molar-refractivity contribution is 6.05. The Morgan fingerprint density at radius 1 is 1.30 bits per heavy atom. The highest BCUT2D eigenvalue weighted by atomic mass is 16.2. The number of nitrogens with zero attached hydrogens (tertiary/aromatic N) is 1. The molecule has 0 bridgehead atoms. The first-order chi connectivity index (χ1) is 9.63. The van der Waals surface area contributed by atoms with E-state index in [4.69, 9.17) is 0 Å². The molecule has 2 rings (SSSR count). The van der Waals surface area contributed by atoms with Gasteiger partial charge in [-0.3, -0.25) is 19.8 Å². The van der Waals surface area contributed by atoms with Crippen LogP contribution in [-0.2, 0) is 9.59 Å². The number of rotatable bonds is 6. The zero-order chi connectivity index (χ0) is 14.5. The van der Waals surface area contributed by atoms with Gasteiger partial charge in [-0.15, -0.1) is 0 Å². The lowest BCUT2D eigenvalue weighted by Crippen LogP contribution is -2.39. The lowest BCUT2D eigenvalue weighted by molar-refractivity contribution is -0.137. The predicted octanol–water partition coefficient (Wildman–Crippen LogP) is 2.26. The van der Waals surface area contributed by atoms with Crippen molar-refractivity contribution in [2.45, 2.75) is 44.7 Å². The fourth-order valence-corrected chi connectivity index (χ4v) is 2.57. The Labute approximate surface area is 120 Å². The number of hydrogen-bond donors (Lipinski definition) is 1. The molecule has 1 fully saturated rings. The number of likely N-dealkylation sites (N-methyl/N-ethyl adjacent to an activating group) is 1. The number of hydrogen-bond acceptors (Lipinski definition) is 3. The Hall–Kier alpha value is -1.68. The number of benzene rings is 1. The largest absolute Gasteiger partial charge is 0.298 e. The van der Waals surface area contributed by atoms with Gasteiger partial charge >= 0.3 is 0 Å². The van der Waals surface area contributed by atoms with Gasteiger partial charge < -0.3 is 0 Å². The van der Waals surface area contributed by atoms with Crippen LogP contribution in [0.25, 0.3) is 0 Å². The van der Waals surface area contributed by atoms with Crippen molar-refractivity contribution < 1.29 is 9.59 Å². The van der Waals surface area contributed by atoms with Crippen molar-refractivity contribution in [2.24, 2.45) is 0 Å². The van der Waals surface area contributed by atoms with E-state index in [2.05, 4.69) is 24.4 Å². The molecular weight excluding hydrogens is 252 g/mol. The van der Waals surface area contributed by atoms with Crippen molar-refractivity contribution >= 4 is 11.8 Å². The van der Waals surface area contributed by atoms with E-state index in [9.17, 15) is 9.59 Å². The second-order valence-electron chi connectivity index (χ2n) is 5.32. The quantitative estimate of drug-likeness (QED) is 0.810. The lowest BCUT2D eigenvalue weighted by atomic mass is 10.00. The molecule has 1 aromatic rings. The van der Waals surface area contributed by atoms with Crippen LogP contribution in [0.3, 0.4) is 0 Å². The van der Waals surface area contributed by atoms with Crippen molar-refractivity contribution in [1.29, 1.82) is 0 Å². The summed E-state index contributed by atoms with van der Waals surface area (Å²) in [4.78, 5) is 24.8. The van der Waals surface area contributed by atoms with E-state index < -0.39 is 0 Å². The van der Waals surface area contributed by atoms with Crippen LogP contribution in [0.5, 0.6) is 0 Å². The van der Waals surface area contributed by atoms with E-state index >= 15 is 0 Å². The first-order valence-corrected chi connectivity index (χ1v) is 7.25. The van der Waals surface area contributed by atoms with Gasteiger partial charge in [-0.2, -0.15) is 0 Å². The van der Waals surface area contributed by atoms with Crippen molar-refractivity contribution in [3.63, 3.8) is 0 Å². The molecule has 1 heterocycles. The number of carbonyl (C=O) groups is 2. The van der Waals surface area contributed by atoms with E-state index in [1.807, 2.05) is 18.2 Å². The highest BCUT2D eigenvalue weighted by Crippen LogP contribution is 2.22. The molecule has 2 amide bonds. The molecule has 0 spiro atoms. The summed E-state index contributed by atoms with van der Waals surface area (Å²) < 4.78 is 0. The van der Waals surface area contributed by atoms with Crippen LogP contribution in [-0.4, -0.2) is 29.8 Å². The number of imide groups is 1. The zero-order valence-corrected chi connectivity index (χ0v) is 12.1. The summed E-state index contributed by atoms with van der Waals surface area (Å²) in [7, 11) is 1.55. The van der Waals surface area contributed by atoms with Crippen LogP contribution >= 0.6 is 0 Å². The molecule has 0 radical (unpaired) electrons. The van der Waals surface area contributed by atoms with Gasteiger partial charge in [0.15, 0.2) is 0 Å². The third-order valence-electron chi connectivity index (χ3n) is 3.83. The van der Waals surface area contributed by atoms with Gasteiger partial charge in [0.1, 0.15) is 0 Å². The van der Waals surface area contributed by atoms with E-state index in [-0.39, 0.29) is 30.3 Å². The van der Waals surface area contributed by atoms with E-state index in [0.717, 1.165) is 19.3 Å². The molecule has 108 valence electrons. The minimum absolute atomic E-state index is 0.102. The minimum atomic E-state index is -0.380. The maximum absolute atomic E-state index is 12.0. The van der Waals surface area contributed by atoms with Crippen molar-refractivity contribution in [1.82, 2.24) is 10.2 Å². The SMILES string of the molecule is CCCCC(NC1CC(=O)N(C)C1=O)c1ccccc1. The molecule has 1 aromatic carbocycles. The van der Waals surface area contributed by atoms with E-state index in [0.29, 0.717) is 0 Å². The molecular formula is C16H22N2O2. The number of carbonyl (C=O) groups excluding carboxylic acids is 2. The molecule has 0 aliphatic carbocycles. The van der Waals surface area contributed by atoms with E-state index in [1.165, 1.54) is 10.5 Å². The van der Waals surface area contributed by atoms with Crippen molar-refractivity contribution in [3.8, 4) is 0 Å². The normalized spacial score (nSPS) is 20.5. The zero-order valence-electron chi connectivity index (χ0n) is 12.1. The minimum Gasteiger partial charge on any atom is -0.298 e. The maximum Gasteiger partial charge on any atom is 0.246 e. The highest BCUT2D eigenvalue weighted by Gasteiger charge is 2.37. The Kier molecular flexibility index (Phi) is 4.90. The van der Waals surface area contributed by atoms with Crippen LogP contribution in [0, 0.1) is 0 Å². The first-order valence-electron chi connectivity index (χ1n) is 7.25. The van der Waals surface area contributed by atoms with Gasteiger partial charge in [-0.25, -0.2) is 0 Å². The topological polar surface area (TPSA) is 49.4 Å². The second-order valence-corrected chi connectivity index (χ2v) is 5.32. The van der Waals surface area contributed by atoms with Gasteiger partial charge in [-0.1, -0.05) is 50.1 Å². The Bertz CT molecular complexity index is 473. The fraction of sp³-hybridized carbons (Fsp3) is 0.500. The number of nitrogens with one attached hydrogen (secondary N) is 1. The van der Waals surface area contributed by atoms with Gasteiger partial charge in [0.2, 0.25) is 11.8 Å². The third kappa shape index (κ3) is 3.25. The molecule has 1 aliphatic rings. The molecule has 0 aromatic heterocycles. The summed E-state index contributed by atoms with van der Waals surface area (Å²) in [6.45, 7) is 2.15. The van der Waals surface area contributed by atoms with Crippen LogP contribution in [0.4, 0.5) is 0 Å². The summed E-state index contributed by atoms with van der Waals surface area (Å²) in [5, 5.41) is 3.37. The molecule has 1 aliphatic heterocycles. The molecule has 0 saturated carbocycles. The van der Waals surface area contributed by atoms with Gasteiger partial charge in [0.25, 0.3) is 0 Å². The standard InChI is InChI=1S/C16H22N2O2/c1-3-4-10-13(12-8-6-5-7-9-12)17-14-11-15(19)18(2)16(14)20/h5-9,13-14,17H,3-4,10-11H2,1-2H3. The van der Waals surface area contributed by atoms with Crippen LogP contribution < -0.4 is 5.32 Å². The molecule has 1 N–H and O–H groups in total. The summed E-state index contributed by atoms with van der Waals surface area (Å²) >= 11 is 0. The molecule has 20 heavy (non-hydrogen) atoms. The third-order valence-corrected chi connectivity index (χ3v) is 3.83. The summed E-state index contributed by atoms with van der Waals surface area (Å²) in [5.74, 6) is -0.220. The summed E-state index contributed by atoms with van der Waals surface area (Å²) in [6.07, 6.45) is 3.45. The number of amides is 2. The molecule has 4 heteroatoms. The average molecular weight is 274 g/mol. The average Bonchev–Trinajstić information content (AvgIpc) is 2.71. The fourth-order valence-electron chi connectivity index (χ4n) is 2.57.